The second-order valence-electron chi connectivity index (χ2n) is 3.75. The zero-order valence-corrected chi connectivity index (χ0v) is 10.9. The summed E-state index contributed by atoms with van der Waals surface area (Å²) >= 11 is 0. The number of anilines is 1. The summed E-state index contributed by atoms with van der Waals surface area (Å²) in [6.07, 6.45) is -0.609. The van der Waals surface area contributed by atoms with Crippen LogP contribution >= 0.6 is 0 Å². The Bertz CT molecular complexity index is 599. The third kappa shape index (κ3) is 4.53. The molecule has 112 valence electrons. The van der Waals surface area contributed by atoms with E-state index in [2.05, 4.69) is 10.1 Å². The third-order valence-corrected chi connectivity index (χ3v) is 2.27. The van der Waals surface area contributed by atoms with Gasteiger partial charge in [0.05, 0.1) is 22.5 Å². The van der Waals surface area contributed by atoms with Crippen LogP contribution in [0.5, 0.6) is 0 Å². The molecule has 1 aromatic carbocycles. The molecule has 1 N–H and O–H groups in total. The van der Waals surface area contributed by atoms with Gasteiger partial charge in [-0.05, 0) is 13.0 Å². The van der Waals surface area contributed by atoms with E-state index < -0.39 is 39.5 Å². The molecule has 0 saturated heterocycles. The van der Waals surface area contributed by atoms with E-state index >= 15 is 0 Å². The van der Waals surface area contributed by atoms with E-state index in [1.807, 2.05) is 0 Å². The Kier molecular flexibility index (Phi) is 5.29. The zero-order valence-electron chi connectivity index (χ0n) is 10.9. The highest BCUT2D eigenvalue weighted by Crippen LogP contribution is 2.28. The molecule has 0 unspecified atom stereocenters. The highest BCUT2D eigenvalue weighted by atomic mass is 16.6. The molecule has 0 atom stereocenters. The van der Waals surface area contributed by atoms with Crippen LogP contribution in [0.1, 0.15) is 13.3 Å². The van der Waals surface area contributed by atoms with Crippen molar-refractivity contribution in [2.75, 3.05) is 11.9 Å². The van der Waals surface area contributed by atoms with Crippen LogP contribution in [0.15, 0.2) is 18.2 Å². The van der Waals surface area contributed by atoms with Gasteiger partial charge in [-0.1, -0.05) is 0 Å². The van der Waals surface area contributed by atoms with E-state index in [1.54, 1.807) is 6.92 Å². The van der Waals surface area contributed by atoms with Crippen LogP contribution in [0.25, 0.3) is 0 Å². The Balaban J connectivity index is 2.92. The van der Waals surface area contributed by atoms with Crippen molar-refractivity contribution in [2.24, 2.45) is 0 Å². The normalized spacial score (nSPS) is 9.76. The van der Waals surface area contributed by atoms with Crippen LogP contribution < -0.4 is 5.32 Å². The maximum Gasteiger partial charge on any atom is 0.315 e. The number of nitrogens with one attached hydrogen (secondary N) is 1. The molecule has 0 aliphatic rings. The van der Waals surface area contributed by atoms with Crippen molar-refractivity contribution in [3.8, 4) is 0 Å². The van der Waals surface area contributed by atoms with Crippen molar-refractivity contribution in [2.45, 2.75) is 13.3 Å². The fourth-order valence-electron chi connectivity index (χ4n) is 1.43. The summed E-state index contributed by atoms with van der Waals surface area (Å²) in [6, 6.07) is 2.76. The molecule has 10 heteroatoms. The topological polar surface area (TPSA) is 142 Å². The van der Waals surface area contributed by atoms with Crippen LogP contribution in [0.2, 0.25) is 0 Å². The number of carbonyl (C=O) groups excluding carboxylic acids is 2. The van der Waals surface area contributed by atoms with Crippen LogP contribution in [0.3, 0.4) is 0 Å². The van der Waals surface area contributed by atoms with Crippen LogP contribution in [0, 0.1) is 20.2 Å². The van der Waals surface area contributed by atoms with E-state index in [0.29, 0.717) is 0 Å². The lowest BCUT2D eigenvalue weighted by molar-refractivity contribution is -0.393. The SMILES string of the molecule is CCOC(=O)CC(=O)Nc1ccc([N+](=O)[O-])cc1[N+](=O)[O-]. The van der Waals surface area contributed by atoms with Crippen molar-refractivity contribution in [3.05, 3.63) is 38.4 Å². The molecule has 0 aromatic heterocycles. The number of amides is 1. The van der Waals surface area contributed by atoms with Gasteiger partial charge in [-0.25, -0.2) is 0 Å². The summed E-state index contributed by atoms with van der Waals surface area (Å²) in [6.45, 7) is 1.67. The van der Waals surface area contributed by atoms with Gasteiger partial charge in [0.25, 0.3) is 11.4 Å². The molecule has 0 spiro atoms. The number of nitrogens with zero attached hydrogens (tertiary/aromatic N) is 2. The van der Waals surface area contributed by atoms with Crippen molar-refractivity contribution in [1.82, 2.24) is 0 Å². The van der Waals surface area contributed by atoms with Gasteiger partial charge in [0.2, 0.25) is 5.91 Å². The minimum atomic E-state index is -0.868. The molecule has 10 nitrogen and oxygen atoms in total. The number of benzene rings is 1. The highest BCUT2D eigenvalue weighted by Gasteiger charge is 2.21. The second-order valence-corrected chi connectivity index (χ2v) is 3.75. The zero-order chi connectivity index (χ0) is 16.0. The monoisotopic (exact) mass is 297 g/mol. The first-order valence-corrected chi connectivity index (χ1v) is 5.73. The largest absolute Gasteiger partial charge is 0.466 e. The molecule has 21 heavy (non-hydrogen) atoms. The summed E-state index contributed by atoms with van der Waals surface area (Å²) in [5.41, 5.74) is -1.36. The summed E-state index contributed by atoms with van der Waals surface area (Å²) in [4.78, 5) is 42.4. The quantitative estimate of drug-likeness (QED) is 0.362. The molecule has 0 saturated carbocycles. The molecule has 0 bridgehead atoms. The van der Waals surface area contributed by atoms with E-state index in [1.165, 1.54) is 0 Å². The number of hydrogen-bond donors (Lipinski definition) is 1. The molecule has 1 amide bonds. The van der Waals surface area contributed by atoms with Crippen molar-refractivity contribution < 1.29 is 24.2 Å². The summed E-state index contributed by atoms with van der Waals surface area (Å²) in [5, 5.41) is 23.5. The van der Waals surface area contributed by atoms with Crippen molar-refractivity contribution in [1.29, 1.82) is 0 Å². The number of esters is 1. The van der Waals surface area contributed by atoms with Crippen LogP contribution in [0.4, 0.5) is 17.1 Å². The Morgan fingerprint density at radius 3 is 2.43 bits per heavy atom. The summed E-state index contributed by atoms with van der Waals surface area (Å²) in [5.74, 6) is -1.59. The van der Waals surface area contributed by atoms with Gasteiger partial charge < -0.3 is 10.1 Å². The standard InChI is InChI=1S/C11H11N3O7/c1-2-21-11(16)6-10(15)12-8-4-3-7(13(17)18)5-9(8)14(19)20/h3-5H,2,6H2,1H3,(H,12,15). The molecule has 0 fully saturated rings. The smallest absolute Gasteiger partial charge is 0.315 e. The predicted octanol–water partition coefficient (Wildman–Crippen LogP) is 1.39. The number of hydrogen-bond acceptors (Lipinski definition) is 7. The van der Waals surface area contributed by atoms with Crippen molar-refractivity contribution >= 4 is 28.9 Å². The Morgan fingerprint density at radius 1 is 1.24 bits per heavy atom. The Labute approximate surface area is 118 Å². The van der Waals surface area contributed by atoms with Gasteiger partial charge in [-0.2, -0.15) is 0 Å². The van der Waals surface area contributed by atoms with Crippen LogP contribution in [-0.4, -0.2) is 28.3 Å². The first kappa shape index (κ1) is 16.0. The van der Waals surface area contributed by atoms with E-state index in [-0.39, 0.29) is 12.3 Å². The Morgan fingerprint density at radius 2 is 1.90 bits per heavy atom. The lowest BCUT2D eigenvalue weighted by atomic mass is 10.2. The van der Waals surface area contributed by atoms with E-state index in [4.69, 9.17) is 0 Å². The van der Waals surface area contributed by atoms with Gasteiger partial charge in [0.1, 0.15) is 12.1 Å². The highest BCUT2D eigenvalue weighted by molar-refractivity contribution is 6.03. The minimum absolute atomic E-state index is 0.101. The third-order valence-electron chi connectivity index (χ3n) is 2.27. The van der Waals surface area contributed by atoms with Gasteiger partial charge in [-0.15, -0.1) is 0 Å². The summed E-state index contributed by atoms with van der Waals surface area (Å²) in [7, 11) is 0. The number of rotatable bonds is 6. The van der Waals surface area contributed by atoms with Gasteiger partial charge in [-0.3, -0.25) is 29.8 Å². The molecule has 0 heterocycles. The predicted molar refractivity (Wildman–Crippen MR) is 69.6 cm³/mol. The van der Waals surface area contributed by atoms with Gasteiger partial charge in [0, 0.05) is 6.07 Å². The number of non-ortho nitro benzene ring substituents is 1. The minimum Gasteiger partial charge on any atom is -0.466 e. The second kappa shape index (κ2) is 6.93. The molecular weight excluding hydrogens is 286 g/mol. The van der Waals surface area contributed by atoms with Crippen molar-refractivity contribution in [3.63, 3.8) is 0 Å². The molecule has 1 aromatic rings. The fourth-order valence-corrected chi connectivity index (χ4v) is 1.43. The van der Waals surface area contributed by atoms with Crippen LogP contribution in [-0.2, 0) is 14.3 Å². The first-order valence-electron chi connectivity index (χ1n) is 5.73. The maximum atomic E-state index is 11.5. The van der Waals surface area contributed by atoms with Gasteiger partial charge in [0.15, 0.2) is 0 Å². The fraction of sp³-hybridized carbons (Fsp3) is 0.273. The Hall–Kier alpha value is -3.04. The molecule has 1 rings (SSSR count). The average Bonchev–Trinajstić information content (AvgIpc) is 2.38. The number of carbonyl (C=O) groups is 2. The van der Waals surface area contributed by atoms with E-state index in [0.717, 1.165) is 18.2 Å². The number of nitro benzene ring substituents is 2. The van der Waals surface area contributed by atoms with E-state index in [9.17, 15) is 29.8 Å². The molecule has 0 radical (unpaired) electrons. The molecule has 0 aliphatic heterocycles. The van der Waals surface area contributed by atoms with Gasteiger partial charge >= 0.3 is 5.97 Å². The lowest BCUT2D eigenvalue weighted by Gasteiger charge is -2.05. The maximum absolute atomic E-state index is 11.5. The molecular formula is C11H11N3O7. The lowest BCUT2D eigenvalue weighted by Crippen LogP contribution is -2.18. The first-order chi connectivity index (χ1) is 9.85. The molecule has 0 aliphatic carbocycles. The number of ether oxygens (including phenoxy) is 1. The summed E-state index contributed by atoms with van der Waals surface area (Å²) < 4.78 is 4.56. The number of nitro groups is 2. The average molecular weight is 297 g/mol.